The van der Waals surface area contributed by atoms with Gasteiger partial charge in [0, 0.05) is 6.42 Å². The molecule has 0 rings (SSSR count). The summed E-state index contributed by atoms with van der Waals surface area (Å²) in [5.41, 5.74) is 3.20. The Labute approximate surface area is 113 Å². The molecule has 0 amide bonds. The lowest BCUT2D eigenvalue weighted by atomic mass is 9.91. The van der Waals surface area contributed by atoms with E-state index >= 15 is 0 Å². The molecule has 0 atom stereocenters. The number of hydrogen-bond acceptors (Lipinski definition) is 1. The fraction of sp³-hybridized carbons (Fsp3) is 0.706. The van der Waals surface area contributed by atoms with Gasteiger partial charge in [0.15, 0.2) is 0 Å². The SMILES string of the molecule is CC(=O)CC/C(C)=C/CC/C(C)=C/CC(C)(C)C. The highest BCUT2D eigenvalue weighted by Crippen LogP contribution is 2.21. The quantitative estimate of drug-likeness (QED) is 0.548. The van der Waals surface area contributed by atoms with Crippen molar-refractivity contribution in [1.82, 2.24) is 0 Å². The first-order chi connectivity index (χ1) is 8.20. The van der Waals surface area contributed by atoms with Crippen molar-refractivity contribution < 1.29 is 4.79 Å². The summed E-state index contributed by atoms with van der Waals surface area (Å²) in [6, 6.07) is 0. The second kappa shape index (κ2) is 8.29. The topological polar surface area (TPSA) is 17.1 Å². The monoisotopic (exact) mass is 250 g/mol. The molecule has 1 heteroatoms. The van der Waals surface area contributed by atoms with Crippen LogP contribution in [0, 0.1) is 5.41 Å². The molecule has 0 saturated heterocycles. The molecule has 0 spiro atoms. The molecule has 0 aromatic heterocycles. The van der Waals surface area contributed by atoms with Crippen LogP contribution in [-0.2, 0) is 4.79 Å². The van der Waals surface area contributed by atoms with Gasteiger partial charge in [-0.05, 0) is 51.9 Å². The summed E-state index contributed by atoms with van der Waals surface area (Å²) in [5, 5.41) is 0. The van der Waals surface area contributed by atoms with Crippen molar-refractivity contribution in [2.75, 3.05) is 0 Å². The third-order valence-electron chi connectivity index (χ3n) is 2.97. The molecule has 0 saturated carbocycles. The Bertz CT molecular complexity index is 313. The fourth-order valence-corrected chi connectivity index (χ4v) is 1.60. The van der Waals surface area contributed by atoms with Crippen molar-refractivity contribution in [3.63, 3.8) is 0 Å². The Morgan fingerprint density at radius 3 is 1.94 bits per heavy atom. The molecule has 0 aliphatic heterocycles. The van der Waals surface area contributed by atoms with Crippen LogP contribution in [0.3, 0.4) is 0 Å². The minimum absolute atomic E-state index is 0.281. The number of rotatable bonds is 7. The number of ketones is 1. The van der Waals surface area contributed by atoms with E-state index in [4.69, 9.17) is 0 Å². The zero-order valence-corrected chi connectivity index (χ0v) is 13.1. The van der Waals surface area contributed by atoms with E-state index in [0.717, 1.165) is 25.7 Å². The van der Waals surface area contributed by atoms with Gasteiger partial charge in [0.05, 0.1) is 0 Å². The summed E-state index contributed by atoms with van der Waals surface area (Å²) in [5.74, 6) is 0.281. The standard InChI is InChI=1S/C17H30O/c1-14(10-11-16(3)18)8-7-9-15(2)12-13-17(4,5)6/h8,12H,7,9-11,13H2,1-6H3/b14-8+,15-12+. The largest absolute Gasteiger partial charge is 0.300 e. The van der Waals surface area contributed by atoms with Crippen molar-refractivity contribution in [3.8, 4) is 0 Å². The molecule has 1 nitrogen and oxygen atoms in total. The Morgan fingerprint density at radius 1 is 0.889 bits per heavy atom. The number of Topliss-reactive ketones (excluding diaryl/α,β-unsaturated/α-hetero) is 1. The van der Waals surface area contributed by atoms with Crippen LogP contribution in [0.1, 0.15) is 73.6 Å². The van der Waals surface area contributed by atoms with Crippen molar-refractivity contribution in [2.24, 2.45) is 5.41 Å². The van der Waals surface area contributed by atoms with E-state index in [9.17, 15) is 4.79 Å². The lowest BCUT2D eigenvalue weighted by molar-refractivity contribution is -0.116. The Balaban J connectivity index is 3.95. The average Bonchev–Trinajstić information content (AvgIpc) is 2.22. The van der Waals surface area contributed by atoms with E-state index in [2.05, 4.69) is 46.8 Å². The van der Waals surface area contributed by atoms with Gasteiger partial charge in [-0.15, -0.1) is 0 Å². The Morgan fingerprint density at radius 2 is 1.44 bits per heavy atom. The predicted octanol–water partition coefficient (Wildman–Crippen LogP) is 5.46. The normalized spacial score (nSPS) is 13.9. The van der Waals surface area contributed by atoms with Gasteiger partial charge in [0.25, 0.3) is 0 Å². The third-order valence-corrected chi connectivity index (χ3v) is 2.97. The highest BCUT2D eigenvalue weighted by atomic mass is 16.1. The lowest BCUT2D eigenvalue weighted by Gasteiger charge is -2.15. The van der Waals surface area contributed by atoms with Crippen LogP contribution in [0.2, 0.25) is 0 Å². The van der Waals surface area contributed by atoms with Crippen LogP contribution in [-0.4, -0.2) is 5.78 Å². The molecule has 104 valence electrons. The molecule has 0 aromatic carbocycles. The first-order valence-electron chi connectivity index (χ1n) is 7.01. The second-order valence-corrected chi connectivity index (χ2v) is 6.61. The van der Waals surface area contributed by atoms with Gasteiger partial charge >= 0.3 is 0 Å². The fourth-order valence-electron chi connectivity index (χ4n) is 1.60. The van der Waals surface area contributed by atoms with Crippen molar-refractivity contribution in [3.05, 3.63) is 23.3 Å². The third kappa shape index (κ3) is 11.6. The van der Waals surface area contributed by atoms with Gasteiger partial charge in [-0.25, -0.2) is 0 Å². The van der Waals surface area contributed by atoms with E-state index in [1.54, 1.807) is 6.92 Å². The molecule has 0 unspecified atom stereocenters. The van der Waals surface area contributed by atoms with Crippen LogP contribution >= 0.6 is 0 Å². The molecule has 0 radical (unpaired) electrons. The molecule has 0 heterocycles. The van der Waals surface area contributed by atoms with Gasteiger partial charge in [0.1, 0.15) is 5.78 Å². The summed E-state index contributed by atoms with van der Waals surface area (Å²) in [6.07, 6.45) is 9.60. The maximum absolute atomic E-state index is 10.9. The smallest absolute Gasteiger partial charge is 0.130 e. The van der Waals surface area contributed by atoms with Crippen molar-refractivity contribution >= 4 is 5.78 Å². The average molecular weight is 250 g/mol. The molecule has 0 aliphatic carbocycles. The second-order valence-electron chi connectivity index (χ2n) is 6.61. The van der Waals surface area contributed by atoms with E-state index in [0.29, 0.717) is 11.8 Å². The van der Waals surface area contributed by atoms with E-state index in [1.807, 2.05) is 0 Å². The van der Waals surface area contributed by atoms with Crippen molar-refractivity contribution in [2.45, 2.75) is 73.6 Å². The number of carbonyl (C=O) groups is 1. The van der Waals surface area contributed by atoms with Gasteiger partial charge in [-0.3, -0.25) is 0 Å². The minimum atomic E-state index is 0.281. The summed E-state index contributed by atoms with van der Waals surface area (Å²) in [6.45, 7) is 12.8. The summed E-state index contributed by atoms with van der Waals surface area (Å²) in [7, 11) is 0. The number of hydrogen-bond donors (Lipinski definition) is 0. The Hall–Kier alpha value is -0.850. The highest BCUT2D eigenvalue weighted by Gasteiger charge is 2.07. The first-order valence-corrected chi connectivity index (χ1v) is 7.01. The van der Waals surface area contributed by atoms with Gasteiger partial charge in [0.2, 0.25) is 0 Å². The zero-order valence-electron chi connectivity index (χ0n) is 13.1. The lowest BCUT2D eigenvalue weighted by Crippen LogP contribution is -2.02. The molecular weight excluding hydrogens is 220 g/mol. The van der Waals surface area contributed by atoms with Crippen LogP contribution in [0.5, 0.6) is 0 Å². The van der Waals surface area contributed by atoms with Gasteiger partial charge < -0.3 is 4.79 Å². The van der Waals surface area contributed by atoms with Gasteiger partial charge in [-0.2, -0.15) is 0 Å². The van der Waals surface area contributed by atoms with Crippen LogP contribution < -0.4 is 0 Å². The minimum Gasteiger partial charge on any atom is -0.300 e. The van der Waals surface area contributed by atoms with Crippen LogP contribution in [0.25, 0.3) is 0 Å². The number of allylic oxidation sites excluding steroid dienone is 4. The molecule has 0 fully saturated rings. The van der Waals surface area contributed by atoms with E-state index in [-0.39, 0.29) is 5.78 Å². The predicted molar refractivity (Wildman–Crippen MR) is 80.7 cm³/mol. The highest BCUT2D eigenvalue weighted by molar-refractivity contribution is 5.75. The summed E-state index contributed by atoms with van der Waals surface area (Å²) < 4.78 is 0. The number of carbonyl (C=O) groups excluding carboxylic acids is 1. The molecule has 0 N–H and O–H groups in total. The molecule has 0 aromatic rings. The molecule has 0 bridgehead atoms. The summed E-state index contributed by atoms with van der Waals surface area (Å²) >= 11 is 0. The van der Waals surface area contributed by atoms with E-state index < -0.39 is 0 Å². The van der Waals surface area contributed by atoms with Crippen molar-refractivity contribution in [1.29, 1.82) is 0 Å². The maximum atomic E-state index is 10.9. The first kappa shape index (κ1) is 17.2. The molecular formula is C17H30O. The van der Waals surface area contributed by atoms with Crippen LogP contribution in [0.4, 0.5) is 0 Å². The van der Waals surface area contributed by atoms with Crippen LogP contribution in [0.15, 0.2) is 23.3 Å². The molecule has 0 aliphatic rings. The zero-order chi connectivity index (χ0) is 14.2. The maximum Gasteiger partial charge on any atom is 0.130 e. The molecule has 18 heavy (non-hydrogen) atoms. The summed E-state index contributed by atoms with van der Waals surface area (Å²) in [4.78, 5) is 10.9. The van der Waals surface area contributed by atoms with E-state index in [1.165, 1.54) is 11.1 Å². The Kier molecular flexibility index (Phi) is 7.90. The van der Waals surface area contributed by atoms with Gasteiger partial charge in [-0.1, -0.05) is 44.1 Å².